The monoisotopic (exact) mass is 529 g/mol. The fraction of sp³-hybridized carbons (Fsp3) is 0.308. The normalized spacial score (nSPS) is 14.9. The first-order valence-corrected chi connectivity index (χ1v) is 13.7. The van der Waals surface area contributed by atoms with Gasteiger partial charge in [-0.15, -0.1) is 11.3 Å². The van der Waals surface area contributed by atoms with Gasteiger partial charge in [-0.25, -0.2) is 14.3 Å². The summed E-state index contributed by atoms with van der Waals surface area (Å²) < 4.78 is 43.3. The first-order valence-electron chi connectivity index (χ1n) is 11.6. The number of anilines is 2. The predicted molar refractivity (Wildman–Crippen MR) is 143 cm³/mol. The zero-order chi connectivity index (χ0) is 25.4. The molecular formula is C26H26F3N5S2. The topological polar surface area (TPSA) is 36.7 Å². The third kappa shape index (κ3) is 4.77. The summed E-state index contributed by atoms with van der Waals surface area (Å²) in [5.74, 6) is 0.949. The Labute approximate surface area is 216 Å². The molecule has 0 spiro atoms. The molecule has 0 unspecified atom stereocenters. The Morgan fingerprint density at radius 3 is 2.47 bits per heavy atom. The van der Waals surface area contributed by atoms with Crippen molar-refractivity contribution in [2.45, 2.75) is 25.9 Å². The van der Waals surface area contributed by atoms with E-state index in [0.717, 1.165) is 60.4 Å². The summed E-state index contributed by atoms with van der Waals surface area (Å²) in [6, 6.07) is 9.32. The number of fused-ring (bicyclic) bond motifs is 1. The van der Waals surface area contributed by atoms with Crippen molar-refractivity contribution in [3.05, 3.63) is 70.9 Å². The number of nitrogens with zero attached hydrogens (tertiary/aromatic N) is 5. The molecule has 0 saturated carbocycles. The standard InChI is InChI=1S/C26H26F3N5S2/c1-4-21-24(34-15-19(7-10-23(34)30-21)17-11-13-33(35-3)14-12-17)32(2)25-31-22(16-36-25)18-5-8-20(9-6-18)26(27,28)29/h5-11,15-16H,4,12-14H2,1-3H3. The second-order valence-electron chi connectivity index (χ2n) is 8.58. The van der Waals surface area contributed by atoms with Gasteiger partial charge in [-0.2, -0.15) is 13.2 Å². The van der Waals surface area contributed by atoms with Crippen molar-refractivity contribution in [2.24, 2.45) is 0 Å². The maximum Gasteiger partial charge on any atom is 0.416 e. The Balaban J connectivity index is 1.48. The summed E-state index contributed by atoms with van der Waals surface area (Å²) in [5.41, 5.74) is 4.99. The van der Waals surface area contributed by atoms with Gasteiger partial charge in [0.05, 0.1) is 17.0 Å². The van der Waals surface area contributed by atoms with Crippen LogP contribution in [-0.2, 0) is 12.6 Å². The number of aromatic nitrogens is 3. The second kappa shape index (κ2) is 9.91. The van der Waals surface area contributed by atoms with Gasteiger partial charge in [0, 0.05) is 37.3 Å². The molecule has 0 radical (unpaired) electrons. The average molecular weight is 530 g/mol. The van der Waals surface area contributed by atoms with Gasteiger partial charge in [-0.05, 0) is 54.5 Å². The molecule has 1 aromatic carbocycles. The van der Waals surface area contributed by atoms with E-state index in [-0.39, 0.29) is 0 Å². The second-order valence-corrected chi connectivity index (χ2v) is 10.3. The van der Waals surface area contributed by atoms with Crippen molar-refractivity contribution in [1.82, 2.24) is 18.7 Å². The Hall–Kier alpha value is -2.82. The lowest BCUT2D eigenvalue weighted by atomic mass is 10.0. The Morgan fingerprint density at radius 2 is 1.83 bits per heavy atom. The number of benzene rings is 1. The first kappa shape index (κ1) is 24.9. The van der Waals surface area contributed by atoms with Crippen molar-refractivity contribution < 1.29 is 13.2 Å². The summed E-state index contributed by atoms with van der Waals surface area (Å²) in [4.78, 5) is 11.6. The van der Waals surface area contributed by atoms with E-state index in [2.05, 4.69) is 46.3 Å². The average Bonchev–Trinajstić information content (AvgIpc) is 3.53. The van der Waals surface area contributed by atoms with E-state index in [4.69, 9.17) is 9.97 Å². The predicted octanol–water partition coefficient (Wildman–Crippen LogP) is 7.17. The quantitative estimate of drug-likeness (QED) is 0.248. The molecule has 188 valence electrons. The van der Waals surface area contributed by atoms with Crippen LogP contribution in [0.5, 0.6) is 0 Å². The first-order chi connectivity index (χ1) is 17.3. The van der Waals surface area contributed by atoms with Crippen LogP contribution in [0.4, 0.5) is 24.1 Å². The number of hydrogen-bond donors (Lipinski definition) is 0. The van der Waals surface area contributed by atoms with E-state index in [1.807, 2.05) is 17.3 Å². The highest BCUT2D eigenvalue weighted by Gasteiger charge is 2.30. The number of pyridine rings is 1. The van der Waals surface area contributed by atoms with Gasteiger partial charge in [-0.1, -0.05) is 37.1 Å². The zero-order valence-corrected chi connectivity index (χ0v) is 21.8. The molecule has 0 bridgehead atoms. The minimum Gasteiger partial charge on any atom is -0.305 e. The molecule has 4 aromatic rings. The zero-order valence-electron chi connectivity index (χ0n) is 20.2. The van der Waals surface area contributed by atoms with E-state index >= 15 is 0 Å². The lowest BCUT2D eigenvalue weighted by Gasteiger charge is -2.24. The van der Waals surface area contributed by atoms with E-state index in [1.54, 1.807) is 11.9 Å². The van der Waals surface area contributed by atoms with Crippen molar-refractivity contribution in [1.29, 1.82) is 0 Å². The van der Waals surface area contributed by atoms with Gasteiger partial charge in [0.2, 0.25) is 0 Å². The van der Waals surface area contributed by atoms with Crippen LogP contribution in [-0.4, -0.2) is 45.1 Å². The van der Waals surface area contributed by atoms with E-state index in [9.17, 15) is 13.2 Å². The largest absolute Gasteiger partial charge is 0.416 e. The fourth-order valence-corrected chi connectivity index (χ4v) is 5.71. The van der Waals surface area contributed by atoms with Gasteiger partial charge in [0.25, 0.3) is 0 Å². The smallest absolute Gasteiger partial charge is 0.305 e. The van der Waals surface area contributed by atoms with Crippen LogP contribution >= 0.6 is 23.3 Å². The fourth-order valence-electron chi connectivity index (χ4n) is 4.41. The van der Waals surface area contributed by atoms with Gasteiger partial charge in [-0.3, -0.25) is 4.40 Å². The Kier molecular flexibility index (Phi) is 6.84. The van der Waals surface area contributed by atoms with Crippen molar-refractivity contribution in [2.75, 3.05) is 31.3 Å². The summed E-state index contributed by atoms with van der Waals surface area (Å²) in [7, 11) is 1.96. The number of thiazole rings is 1. The SMILES string of the molecule is CCc1nc2ccc(C3=CCN(SC)CC3)cn2c1N(C)c1nc(-c2ccc(C(F)(F)F)cc2)cs1. The summed E-state index contributed by atoms with van der Waals surface area (Å²) >= 11 is 3.22. The Morgan fingerprint density at radius 1 is 1.08 bits per heavy atom. The number of imidazole rings is 1. The third-order valence-corrected chi connectivity index (χ3v) is 8.17. The van der Waals surface area contributed by atoms with Crippen LogP contribution in [0.2, 0.25) is 0 Å². The molecule has 1 aliphatic heterocycles. The minimum absolute atomic E-state index is 0.647. The summed E-state index contributed by atoms with van der Waals surface area (Å²) in [6.45, 7) is 4.03. The van der Waals surface area contributed by atoms with Crippen molar-refractivity contribution in [3.8, 4) is 11.3 Å². The van der Waals surface area contributed by atoms with Crippen LogP contribution in [0.15, 0.2) is 54.1 Å². The molecule has 3 aromatic heterocycles. The number of alkyl halides is 3. The van der Waals surface area contributed by atoms with Gasteiger partial charge >= 0.3 is 6.18 Å². The molecule has 0 N–H and O–H groups in total. The van der Waals surface area contributed by atoms with Crippen molar-refractivity contribution >= 4 is 45.5 Å². The number of hydrogen-bond acceptors (Lipinski definition) is 6. The van der Waals surface area contributed by atoms with E-state index < -0.39 is 11.7 Å². The highest BCUT2D eigenvalue weighted by atomic mass is 32.2. The Bertz CT molecular complexity index is 1410. The molecule has 10 heteroatoms. The van der Waals surface area contributed by atoms with Crippen LogP contribution < -0.4 is 4.90 Å². The van der Waals surface area contributed by atoms with Crippen molar-refractivity contribution in [3.63, 3.8) is 0 Å². The highest BCUT2D eigenvalue weighted by molar-refractivity contribution is 7.96. The van der Waals surface area contributed by atoms with Crippen LogP contribution in [0.25, 0.3) is 22.5 Å². The van der Waals surface area contributed by atoms with E-state index in [1.165, 1.54) is 34.6 Å². The van der Waals surface area contributed by atoms with Crippen LogP contribution in [0.1, 0.15) is 30.2 Å². The number of rotatable bonds is 6. The summed E-state index contributed by atoms with van der Waals surface area (Å²) in [6.07, 6.45) is 3.95. The van der Waals surface area contributed by atoms with Gasteiger partial charge in [0.1, 0.15) is 11.5 Å². The molecule has 0 fully saturated rings. The van der Waals surface area contributed by atoms with E-state index in [0.29, 0.717) is 11.3 Å². The van der Waals surface area contributed by atoms with Gasteiger partial charge in [0.15, 0.2) is 5.13 Å². The molecule has 0 amide bonds. The molecule has 0 atom stereocenters. The molecule has 5 rings (SSSR count). The molecular weight excluding hydrogens is 503 g/mol. The molecule has 0 aliphatic carbocycles. The minimum atomic E-state index is -4.35. The highest BCUT2D eigenvalue weighted by Crippen LogP contribution is 2.36. The third-order valence-electron chi connectivity index (χ3n) is 6.40. The molecule has 0 saturated heterocycles. The number of aryl methyl sites for hydroxylation is 1. The maximum atomic E-state index is 12.9. The maximum absolute atomic E-state index is 12.9. The molecule has 5 nitrogen and oxygen atoms in total. The molecule has 1 aliphatic rings. The number of halogens is 3. The van der Waals surface area contributed by atoms with Gasteiger partial charge < -0.3 is 4.90 Å². The summed E-state index contributed by atoms with van der Waals surface area (Å²) in [5, 5.41) is 2.62. The molecule has 4 heterocycles. The van der Waals surface area contributed by atoms with Crippen LogP contribution in [0, 0.1) is 0 Å². The lowest BCUT2D eigenvalue weighted by Crippen LogP contribution is -2.21. The lowest BCUT2D eigenvalue weighted by molar-refractivity contribution is -0.137. The molecule has 36 heavy (non-hydrogen) atoms. The van der Waals surface area contributed by atoms with Crippen LogP contribution in [0.3, 0.4) is 0 Å².